The van der Waals surface area contributed by atoms with Gasteiger partial charge in [-0.05, 0) is 18.2 Å². The number of carbonyl (C=O) groups excluding carboxylic acids is 2. The molecular formula is C20H16N6O2. The van der Waals surface area contributed by atoms with Crippen molar-refractivity contribution in [2.75, 3.05) is 0 Å². The van der Waals surface area contributed by atoms with Gasteiger partial charge in [-0.25, -0.2) is 9.97 Å². The third-order valence-corrected chi connectivity index (χ3v) is 4.19. The van der Waals surface area contributed by atoms with Gasteiger partial charge in [-0.3, -0.25) is 19.0 Å². The molecule has 138 valence electrons. The number of imidazole rings is 1. The first-order valence-corrected chi connectivity index (χ1v) is 8.55. The van der Waals surface area contributed by atoms with Gasteiger partial charge in [0.1, 0.15) is 12.0 Å². The molecule has 0 fully saturated rings. The number of fused-ring (bicyclic) bond motifs is 1. The molecule has 8 nitrogen and oxygen atoms in total. The number of carbonyl (C=O) groups is 2. The second-order valence-corrected chi connectivity index (χ2v) is 6.05. The molecule has 4 aromatic rings. The van der Waals surface area contributed by atoms with E-state index in [2.05, 4.69) is 20.3 Å². The molecule has 8 heteroatoms. The topological polar surface area (TPSA) is 115 Å². The van der Waals surface area contributed by atoms with Crippen LogP contribution in [0.1, 0.15) is 26.7 Å². The molecule has 0 unspecified atom stereocenters. The zero-order valence-corrected chi connectivity index (χ0v) is 14.7. The summed E-state index contributed by atoms with van der Waals surface area (Å²) in [5, 5.41) is 2.83. The molecule has 4 rings (SSSR count). The predicted octanol–water partition coefficient (Wildman–Crippen LogP) is 1.82. The fourth-order valence-electron chi connectivity index (χ4n) is 2.84. The van der Waals surface area contributed by atoms with Crippen molar-refractivity contribution >= 4 is 17.5 Å². The molecule has 28 heavy (non-hydrogen) atoms. The highest BCUT2D eigenvalue weighted by Crippen LogP contribution is 2.21. The molecule has 0 radical (unpaired) electrons. The lowest BCUT2D eigenvalue weighted by Crippen LogP contribution is -2.25. The van der Waals surface area contributed by atoms with Crippen LogP contribution in [0.2, 0.25) is 0 Å². The van der Waals surface area contributed by atoms with E-state index in [-0.39, 0.29) is 23.8 Å². The summed E-state index contributed by atoms with van der Waals surface area (Å²) in [6, 6.07) is 16.5. The van der Waals surface area contributed by atoms with Crippen molar-refractivity contribution in [1.29, 1.82) is 0 Å². The second-order valence-electron chi connectivity index (χ2n) is 6.05. The summed E-state index contributed by atoms with van der Waals surface area (Å²) in [7, 11) is 0. The van der Waals surface area contributed by atoms with Crippen LogP contribution in [0, 0.1) is 0 Å². The highest BCUT2D eigenvalue weighted by Gasteiger charge is 2.19. The molecule has 0 aliphatic heterocycles. The number of primary amides is 1. The van der Waals surface area contributed by atoms with E-state index in [0.29, 0.717) is 11.4 Å². The van der Waals surface area contributed by atoms with Crippen molar-refractivity contribution in [2.24, 2.45) is 5.73 Å². The van der Waals surface area contributed by atoms with Crippen LogP contribution in [-0.2, 0) is 6.54 Å². The minimum Gasteiger partial charge on any atom is -0.364 e. The van der Waals surface area contributed by atoms with Gasteiger partial charge in [-0.1, -0.05) is 36.4 Å². The molecule has 0 saturated carbocycles. The van der Waals surface area contributed by atoms with Crippen molar-refractivity contribution < 1.29 is 9.59 Å². The first-order chi connectivity index (χ1) is 13.6. The number of nitrogens with one attached hydrogen (secondary N) is 1. The van der Waals surface area contributed by atoms with E-state index in [1.807, 2.05) is 42.5 Å². The van der Waals surface area contributed by atoms with Gasteiger partial charge >= 0.3 is 0 Å². The van der Waals surface area contributed by atoms with Crippen LogP contribution in [-0.4, -0.2) is 31.2 Å². The summed E-state index contributed by atoms with van der Waals surface area (Å²) in [5.74, 6) is -1.05. The van der Waals surface area contributed by atoms with Gasteiger partial charge < -0.3 is 11.1 Å². The van der Waals surface area contributed by atoms with Crippen molar-refractivity contribution in [1.82, 2.24) is 24.7 Å². The standard InChI is InChI=1S/C20H16N6O2/c21-18(27)17-19-25-15(13-6-2-1-3-7-13)10-16(26(19)12-24-17)20(28)23-11-14-8-4-5-9-22-14/h1-10,12H,11H2,(H2,21,27)(H,23,28). The molecule has 0 aliphatic carbocycles. The third-order valence-electron chi connectivity index (χ3n) is 4.19. The maximum Gasteiger partial charge on any atom is 0.271 e. The number of rotatable bonds is 5. The number of hydrogen-bond donors (Lipinski definition) is 2. The van der Waals surface area contributed by atoms with Crippen LogP contribution < -0.4 is 11.1 Å². The van der Waals surface area contributed by atoms with E-state index in [1.54, 1.807) is 18.3 Å². The normalized spacial score (nSPS) is 10.7. The van der Waals surface area contributed by atoms with E-state index in [0.717, 1.165) is 11.3 Å². The Balaban J connectivity index is 1.77. The van der Waals surface area contributed by atoms with Crippen molar-refractivity contribution in [3.8, 4) is 11.3 Å². The van der Waals surface area contributed by atoms with Crippen LogP contribution in [0.3, 0.4) is 0 Å². The molecule has 0 aliphatic rings. The average Bonchev–Trinajstić information content (AvgIpc) is 3.17. The molecule has 0 atom stereocenters. The molecule has 0 saturated heterocycles. The predicted molar refractivity (Wildman–Crippen MR) is 102 cm³/mol. The highest BCUT2D eigenvalue weighted by molar-refractivity contribution is 5.99. The molecule has 3 aromatic heterocycles. The number of amides is 2. The summed E-state index contributed by atoms with van der Waals surface area (Å²) in [5.41, 5.74) is 8.02. The Morgan fingerprint density at radius 1 is 1.04 bits per heavy atom. The maximum atomic E-state index is 12.9. The van der Waals surface area contributed by atoms with E-state index in [4.69, 9.17) is 5.73 Å². The number of nitrogens with two attached hydrogens (primary N) is 1. The minimum absolute atomic E-state index is 0.0107. The van der Waals surface area contributed by atoms with Gasteiger partial charge in [0, 0.05) is 11.8 Å². The zero-order valence-electron chi connectivity index (χ0n) is 14.7. The lowest BCUT2D eigenvalue weighted by Gasteiger charge is -2.10. The smallest absolute Gasteiger partial charge is 0.271 e. The Bertz CT molecular complexity index is 1160. The monoisotopic (exact) mass is 372 g/mol. The quantitative estimate of drug-likeness (QED) is 0.554. The maximum absolute atomic E-state index is 12.9. The van der Waals surface area contributed by atoms with E-state index in [1.165, 1.54) is 10.7 Å². The number of pyridine rings is 1. The number of benzene rings is 1. The summed E-state index contributed by atoms with van der Waals surface area (Å²) >= 11 is 0. The Labute approximate surface area is 160 Å². The largest absolute Gasteiger partial charge is 0.364 e. The fraction of sp³-hybridized carbons (Fsp3) is 0.0500. The van der Waals surface area contributed by atoms with Crippen LogP contribution >= 0.6 is 0 Å². The van der Waals surface area contributed by atoms with Gasteiger partial charge in [0.15, 0.2) is 11.3 Å². The average molecular weight is 372 g/mol. The molecule has 3 heterocycles. The molecule has 3 N–H and O–H groups in total. The van der Waals surface area contributed by atoms with Crippen LogP contribution in [0.15, 0.2) is 67.1 Å². The molecule has 0 bridgehead atoms. The van der Waals surface area contributed by atoms with Crippen molar-refractivity contribution in [3.63, 3.8) is 0 Å². The molecule has 1 aromatic carbocycles. The Morgan fingerprint density at radius 3 is 2.54 bits per heavy atom. The molecular weight excluding hydrogens is 356 g/mol. The molecule has 0 spiro atoms. The van der Waals surface area contributed by atoms with Crippen LogP contribution in [0.5, 0.6) is 0 Å². The molecule has 2 amide bonds. The SMILES string of the molecule is NC(=O)c1ncn2c(C(=O)NCc3ccccn3)cc(-c3ccccc3)nc12. The summed E-state index contributed by atoms with van der Waals surface area (Å²) in [6.07, 6.45) is 3.03. The van der Waals surface area contributed by atoms with Crippen molar-refractivity contribution in [3.05, 3.63) is 84.2 Å². The summed E-state index contributed by atoms with van der Waals surface area (Å²) in [6.45, 7) is 0.265. The second kappa shape index (κ2) is 7.28. The van der Waals surface area contributed by atoms with Gasteiger partial charge in [0.05, 0.1) is 17.9 Å². The van der Waals surface area contributed by atoms with Crippen LogP contribution in [0.4, 0.5) is 0 Å². The van der Waals surface area contributed by atoms with Crippen molar-refractivity contribution in [2.45, 2.75) is 6.54 Å². The lowest BCUT2D eigenvalue weighted by atomic mass is 10.1. The van der Waals surface area contributed by atoms with E-state index in [9.17, 15) is 9.59 Å². The van der Waals surface area contributed by atoms with Gasteiger partial charge in [0.25, 0.3) is 11.8 Å². The van der Waals surface area contributed by atoms with E-state index >= 15 is 0 Å². The Kier molecular flexibility index (Phi) is 4.51. The van der Waals surface area contributed by atoms with Gasteiger partial charge in [-0.2, -0.15) is 0 Å². The number of hydrogen-bond acceptors (Lipinski definition) is 5. The first-order valence-electron chi connectivity index (χ1n) is 8.55. The fourth-order valence-corrected chi connectivity index (χ4v) is 2.84. The number of nitrogens with zero attached hydrogens (tertiary/aromatic N) is 4. The number of aromatic nitrogens is 4. The summed E-state index contributed by atoms with van der Waals surface area (Å²) in [4.78, 5) is 37.3. The third kappa shape index (κ3) is 3.30. The first kappa shape index (κ1) is 17.3. The lowest BCUT2D eigenvalue weighted by molar-refractivity contribution is 0.0942. The Morgan fingerprint density at radius 2 is 1.82 bits per heavy atom. The van der Waals surface area contributed by atoms with Gasteiger partial charge in [0.2, 0.25) is 0 Å². The van der Waals surface area contributed by atoms with Gasteiger partial charge in [-0.15, -0.1) is 0 Å². The Hall–Kier alpha value is -4.07. The summed E-state index contributed by atoms with van der Waals surface area (Å²) < 4.78 is 1.46. The highest BCUT2D eigenvalue weighted by atomic mass is 16.2. The van der Waals surface area contributed by atoms with E-state index < -0.39 is 5.91 Å². The minimum atomic E-state index is -0.708. The zero-order chi connectivity index (χ0) is 19.5. The van der Waals surface area contributed by atoms with Crippen LogP contribution in [0.25, 0.3) is 16.9 Å².